The summed E-state index contributed by atoms with van der Waals surface area (Å²) in [4.78, 5) is 0. The quantitative estimate of drug-likeness (QED) is 0.458. The zero-order valence-electron chi connectivity index (χ0n) is 10.1. The van der Waals surface area contributed by atoms with Crippen molar-refractivity contribution >= 4 is 9.05 Å². The minimum absolute atomic E-state index is 0.160. The smallest absolute Gasteiger partial charge is 0.355 e. The van der Waals surface area contributed by atoms with Gasteiger partial charge in [-0.1, -0.05) is 6.92 Å². The molecule has 0 saturated heterocycles. The van der Waals surface area contributed by atoms with E-state index in [-0.39, 0.29) is 12.4 Å². The van der Waals surface area contributed by atoms with Crippen molar-refractivity contribution in [1.29, 1.82) is 0 Å². The lowest BCUT2D eigenvalue weighted by Crippen LogP contribution is -2.54. The molecule has 7 heteroatoms. The first-order chi connectivity index (χ1) is 7.03. The van der Waals surface area contributed by atoms with Crippen LogP contribution in [0.25, 0.3) is 0 Å². The minimum Gasteiger partial charge on any atom is -0.355 e. The van der Waals surface area contributed by atoms with E-state index in [1.807, 2.05) is 13.8 Å². The average Bonchev–Trinajstić information content (AvgIpc) is 2.24. The molecule has 0 aliphatic heterocycles. The summed E-state index contributed by atoms with van der Waals surface area (Å²) in [5, 5.41) is 3.04. The zero-order valence-corrected chi connectivity index (χ0v) is 11.1. The Hall–Kier alpha value is -0.0231. The van der Waals surface area contributed by atoms with Crippen molar-refractivity contribution in [3.05, 3.63) is 0 Å². The Morgan fingerprint density at radius 3 is 1.93 bits per heavy atom. The van der Waals surface area contributed by atoms with Crippen LogP contribution in [0.3, 0.4) is 0 Å². The van der Waals surface area contributed by atoms with E-state index in [1.165, 1.54) is 21.3 Å². The molecule has 15 heavy (non-hydrogen) atoms. The molecule has 0 bridgehead atoms. The summed E-state index contributed by atoms with van der Waals surface area (Å²) in [5.74, 6) is 0. The van der Waals surface area contributed by atoms with Crippen LogP contribution in [0.4, 0.5) is 0 Å². The van der Waals surface area contributed by atoms with Crippen LogP contribution in [0.5, 0.6) is 0 Å². The fourth-order valence-electron chi connectivity index (χ4n) is 1.10. The van der Waals surface area contributed by atoms with Gasteiger partial charge in [0.1, 0.15) is 6.23 Å². The van der Waals surface area contributed by atoms with Crippen molar-refractivity contribution in [1.82, 2.24) is 5.32 Å². The Kier molecular flexibility index (Phi) is 7.27. The van der Waals surface area contributed by atoms with Crippen molar-refractivity contribution in [2.24, 2.45) is 5.73 Å². The lowest BCUT2D eigenvalue weighted by molar-refractivity contribution is -0.0351. The second-order valence-electron chi connectivity index (χ2n) is 3.08. The second kappa shape index (κ2) is 7.28. The van der Waals surface area contributed by atoms with Crippen LogP contribution in [0.15, 0.2) is 0 Å². The molecular weight excluding hydrogens is 216 g/mol. The standard InChI is InChI=1S/C8H22N2O4Si/c1-6-8(10-7(2)9)14-15(11-3,12-4)13-5/h7-8,10H,6,9H2,1-5H3. The van der Waals surface area contributed by atoms with Gasteiger partial charge in [-0.2, -0.15) is 0 Å². The molecule has 0 rings (SSSR count). The van der Waals surface area contributed by atoms with Crippen LogP contribution in [0.2, 0.25) is 0 Å². The van der Waals surface area contributed by atoms with Gasteiger partial charge in [0.15, 0.2) is 0 Å². The Morgan fingerprint density at radius 1 is 1.20 bits per heavy atom. The van der Waals surface area contributed by atoms with Gasteiger partial charge in [0.05, 0.1) is 6.17 Å². The summed E-state index contributed by atoms with van der Waals surface area (Å²) >= 11 is 0. The molecule has 2 atom stereocenters. The third-order valence-corrected chi connectivity index (χ3v) is 3.93. The third-order valence-electron chi connectivity index (χ3n) is 1.86. The van der Waals surface area contributed by atoms with Gasteiger partial charge in [-0.05, 0) is 13.3 Å². The van der Waals surface area contributed by atoms with Gasteiger partial charge in [-0.15, -0.1) is 0 Å². The van der Waals surface area contributed by atoms with Gasteiger partial charge in [0.25, 0.3) is 0 Å². The molecule has 0 aromatic rings. The molecule has 0 amide bonds. The molecule has 0 radical (unpaired) electrons. The van der Waals surface area contributed by atoms with E-state index in [2.05, 4.69) is 5.32 Å². The molecule has 0 aromatic carbocycles. The minimum atomic E-state index is -2.99. The Bertz CT molecular complexity index is 158. The van der Waals surface area contributed by atoms with Crippen molar-refractivity contribution in [2.75, 3.05) is 21.3 Å². The van der Waals surface area contributed by atoms with E-state index < -0.39 is 9.05 Å². The van der Waals surface area contributed by atoms with Gasteiger partial charge in [-0.3, -0.25) is 5.32 Å². The SMILES string of the molecule is CCC(NC(C)N)O[Si](OC)(OC)OC. The fraction of sp³-hybridized carbons (Fsp3) is 1.00. The molecule has 92 valence electrons. The van der Waals surface area contributed by atoms with E-state index in [0.29, 0.717) is 0 Å². The van der Waals surface area contributed by atoms with Gasteiger partial charge >= 0.3 is 9.05 Å². The van der Waals surface area contributed by atoms with Crippen molar-refractivity contribution < 1.29 is 17.7 Å². The molecule has 0 aliphatic rings. The monoisotopic (exact) mass is 238 g/mol. The van der Waals surface area contributed by atoms with E-state index in [9.17, 15) is 0 Å². The first kappa shape index (κ1) is 15.0. The van der Waals surface area contributed by atoms with Crippen LogP contribution in [0.1, 0.15) is 20.3 Å². The highest BCUT2D eigenvalue weighted by Crippen LogP contribution is 2.11. The largest absolute Gasteiger partial charge is 0.680 e. The van der Waals surface area contributed by atoms with Gasteiger partial charge in [0.2, 0.25) is 0 Å². The normalized spacial score (nSPS) is 16.4. The number of rotatable bonds is 8. The highest BCUT2D eigenvalue weighted by molar-refractivity contribution is 6.53. The molecule has 0 aliphatic carbocycles. The van der Waals surface area contributed by atoms with Crippen molar-refractivity contribution in [2.45, 2.75) is 32.7 Å². The fourth-order valence-corrected chi connectivity index (χ4v) is 2.47. The molecule has 3 N–H and O–H groups in total. The molecule has 0 heterocycles. The summed E-state index contributed by atoms with van der Waals surface area (Å²) in [7, 11) is 1.51. The van der Waals surface area contributed by atoms with E-state index in [1.54, 1.807) is 0 Å². The van der Waals surface area contributed by atoms with Crippen LogP contribution in [-0.4, -0.2) is 42.8 Å². The first-order valence-electron chi connectivity index (χ1n) is 4.88. The van der Waals surface area contributed by atoms with Crippen LogP contribution in [0, 0.1) is 0 Å². The Balaban J connectivity index is 4.34. The van der Waals surface area contributed by atoms with Gasteiger partial charge in [0, 0.05) is 21.3 Å². The Morgan fingerprint density at radius 2 is 1.67 bits per heavy atom. The topological polar surface area (TPSA) is 75.0 Å². The second-order valence-corrected chi connectivity index (χ2v) is 5.54. The zero-order chi connectivity index (χ0) is 11.9. The maximum atomic E-state index is 5.63. The summed E-state index contributed by atoms with van der Waals surface area (Å²) in [6, 6.07) is 0. The third kappa shape index (κ3) is 5.02. The van der Waals surface area contributed by atoms with E-state index in [4.69, 9.17) is 23.4 Å². The van der Waals surface area contributed by atoms with Crippen molar-refractivity contribution in [3.8, 4) is 0 Å². The van der Waals surface area contributed by atoms with E-state index >= 15 is 0 Å². The highest BCUT2D eigenvalue weighted by Gasteiger charge is 2.44. The van der Waals surface area contributed by atoms with Gasteiger partial charge < -0.3 is 23.4 Å². The highest BCUT2D eigenvalue weighted by atomic mass is 28.4. The maximum Gasteiger partial charge on any atom is 0.680 e. The first-order valence-corrected chi connectivity index (χ1v) is 6.51. The molecular formula is C8H22N2O4Si. The maximum absolute atomic E-state index is 5.63. The average molecular weight is 238 g/mol. The molecule has 6 nitrogen and oxygen atoms in total. The predicted octanol–water partition coefficient (Wildman–Crippen LogP) is 0.00820. The number of nitrogens with two attached hydrogens (primary N) is 1. The van der Waals surface area contributed by atoms with Crippen LogP contribution >= 0.6 is 0 Å². The Labute approximate surface area is 92.5 Å². The lowest BCUT2D eigenvalue weighted by Gasteiger charge is -2.29. The van der Waals surface area contributed by atoms with Crippen LogP contribution < -0.4 is 11.1 Å². The number of hydrogen-bond acceptors (Lipinski definition) is 6. The molecule has 2 unspecified atom stereocenters. The molecule has 0 aromatic heterocycles. The predicted molar refractivity (Wildman–Crippen MR) is 58.7 cm³/mol. The lowest BCUT2D eigenvalue weighted by atomic mass is 10.4. The summed E-state index contributed by atoms with van der Waals surface area (Å²) in [6.45, 7) is 3.81. The summed E-state index contributed by atoms with van der Waals surface area (Å²) in [5.41, 5.74) is 5.61. The van der Waals surface area contributed by atoms with E-state index in [0.717, 1.165) is 6.42 Å². The van der Waals surface area contributed by atoms with Crippen LogP contribution in [-0.2, 0) is 17.7 Å². The molecule has 0 spiro atoms. The number of hydrogen-bond donors (Lipinski definition) is 2. The summed E-state index contributed by atoms with van der Waals surface area (Å²) in [6.07, 6.45) is 0.343. The van der Waals surface area contributed by atoms with Crippen molar-refractivity contribution in [3.63, 3.8) is 0 Å². The number of nitrogens with one attached hydrogen (secondary N) is 1. The summed E-state index contributed by atoms with van der Waals surface area (Å²) < 4.78 is 21.1. The van der Waals surface area contributed by atoms with Gasteiger partial charge in [-0.25, -0.2) is 0 Å². The molecule has 0 fully saturated rings. The molecule has 0 saturated carbocycles.